The monoisotopic (exact) mass is 434 g/mol. The van der Waals surface area contributed by atoms with Gasteiger partial charge in [-0.25, -0.2) is 0 Å². The predicted molar refractivity (Wildman–Crippen MR) is 115 cm³/mol. The van der Waals surface area contributed by atoms with Gasteiger partial charge in [0.2, 0.25) is 0 Å². The van der Waals surface area contributed by atoms with Crippen molar-refractivity contribution in [2.75, 3.05) is 14.2 Å². The molecule has 0 aliphatic carbocycles. The summed E-state index contributed by atoms with van der Waals surface area (Å²) in [6.07, 6.45) is 1.61. The molecule has 164 valence electrons. The minimum absolute atomic E-state index is 0.0713. The van der Waals surface area contributed by atoms with Crippen molar-refractivity contribution in [2.45, 2.75) is 19.5 Å². The van der Waals surface area contributed by atoms with Crippen molar-refractivity contribution in [3.8, 4) is 11.5 Å². The molecule has 0 radical (unpaired) electrons. The summed E-state index contributed by atoms with van der Waals surface area (Å²) in [5, 5.41) is 11.2. The summed E-state index contributed by atoms with van der Waals surface area (Å²) in [4.78, 5) is 31.8. The van der Waals surface area contributed by atoms with Gasteiger partial charge in [-0.15, -0.1) is 0 Å². The molecule has 1 aromatic carbocycles. The van der Waals surface area contributed by atoms with E-state index in [1.807, 2.05) is 0 Å². The number of amides is 1. The van der Waals surface area contributed by atoms with E-state index in [1.54, 1.807) is 61.7 Å². The highest BCUT2D eigenvalue weighted by Gasteiger charge is 2.48. The molecule has 3 heterocycles. The fourth-order valence-corrected chi connectivity index (χ4v) is 3.75. The molecule has 3 aromatic rings. The number of pyridine rings is 1. The fraction of sp³-hybridized carbons (Fsp3) is 0.208. The number of aliphatic hydroxyl groups excluding tert-OH is 1. The lowest BCUT2D eigenvalue weighted by atomic mass is 9.98. The van der Waals surface area contributed by atoms with E-state index in [4.69, 9.17) is 13.9 Å². The molecule has 8 nitrogen and oxygen atoms in total. The quantitative estimate of drug-likeness (QED) is 0.359. The lowest BCUT2D eigenvalue weighted by Gasteiger charge is -2.23. The number of ketones is 1. The van der Waals surface area contributed by atoms with Crippen molar-refractivity contribution >= 4 is 17.4 Å². The zero-order valence-electron chi connectivity index (χ0n) is 17.9. The molecule has 8 heteroatoms. The molecule has 1 fully saturated rings. The van der Waals surface area contributed by atoms with Crippen LogP contribution in [0.4, 0.5) is 0 Å². The van der Waals surface area contributed by atoms with Gasteiger partial charge in [-0.2, -0.15) is 0 Å². The van der Waals surface area contributed by atoms with Gasteiger partial charge in [-0.05, 0) is 49.4 Å². The number of carbonyl (C=O) groups excluding carboxylic acids is 2. The van der Waals surface area contributed by atoms with Crippen LogP contribution in [0.2, 0.25) is 0 Å². The Morgan fingerprint density at radius 1 is 1.12 bits per heavy atom. The summed E-state index contributed by atoms with van der Waals surface area (Å²) in [6.45, 7) is 1.83. The van der Waals surface area contributed by atoms with Gasteiger partial charge in [-0.3, -0.25) is 14.6 Å². The van der Waals surface area contributed by atoms with E-state index < -0.39 is 17.7 Å². The fourth-order valence-electron chi connectivity index (χ4n) is 3.75. The standard InChI is InChI=1S/C24H22N2O6/c1-14-7-9-19(32-14)21-20(22(27)17-12-16(30-2)8-10-18(17)31-3)23(28)24(29)26(21)13-15-6-4-5-11-25-15/h4-12,21,27H,13H2,1-3H3/b22-20+. The second-order valence-electron chi connectivity index (χ2n) is 7.26. The van der Waals surface area contributed by atoms with Gasteiger partial charge in [-0.1, -0.05) is 6.07 Å². The average molecular weight is 434 g/mol. The van der Waals surface area contributed by atoms with Crippen molar-refractivity contribution in [2.24, 2.45) is 0 Å². The third-order valence-electron chi connectivity index (χ3n) is 5.29. The Kier molecular flexibility index (Phi) is 5.68. The predicted octanol–water partition coefficient (Wildman–Crippen LogP) is 3.62. The van der Waals surface area contributed by atoms with Crippen LogP contribution < -0.4 is 9.47 Å². The maximum Gasteiger partial charge on any atom is 0.296 e. The second-order valence-corrected chi connectivity index (χ2v) is 7.26. The number of carbonyl (C=O) groups is 2. The maximum atomic E-state index is 13.1. The Bertz CT molecular complexity index is 1200. The third-order valence-corrected chi connectivity index (χ3v) is 5.29. The van der Waals surface area contributed by atoms with E-state index in [9.17, 15) is 14.7 Å². The SMILES string of the molecule is COc1ccc(OC)c(/C(O)=C2\C(=O)C(=O)N(Cc3ccccn3)C2c2ccc(C)o2)c1. The summed E-state index contributed by atoms with van der Waals surface area (Å²) in [7, 11) is 2.94. The third kappa shape index (κ3) is 3.71. The number of likely N-dealkylation sites (tertiary alicyclic amines) is 1. The lowest BCUT2D eigenvalue weighted by molar-refractivity contribution is -0.140. The van der Waals surface area contributed by atoms with Crippen LogP contribution in [0.15, 0.2) is 64.7 Å². The van der Waals surface area contributed by atoms with E-state index in [2.05, 4.69) is 4.98 Å². The number of furan rings is 1. The molecule has 1 aliphatic heterocycles. The second kappa shape index (κ2) is 8.58. The van der Waals surface area contributed by atoms with Gasteiger partial charge >= 0.3 is 0 Å². The van der Waals surface area contributed by atoms with Crippen molar-refractivity contribution in [1.82, 2.24) is 9.88 Å². The molecule has 1 saturated heterocycles. The van der Waals surface area contributed by atoms with Crippen LogP contribution in [-0.4, -0.2) is 40.9 Å². The van der Waals surface area contributed by atoms with Gasteiger partial charge in [0.05, 0.1) is 37.6 Å². The Hall–Kier alpha value is -4.07. The van der Waals surface area contributed by atoms with Crippen LogP contribution in [0.25, 0.3) is 5.76 Å². The number of aromatic nitrogens is 1. The first-order chi connectivity index (χ1) is 15.4. The van der Waals surface area contributed by atoms with Gasteiger partial charge < -0.3 is 23.9 Å². The first kappa shape index (κ1) is 21.2. The Morgan fingerprint density at radius 3 is 2.56 bits per heavy atom. The van der Waals surface area contributed by atoms with E-state index >= 15 is 0 Å². The van der Waals surface area contributed by atoms with Crippen LogP contribution in [0, 0.1) is 6.92 Å². The van der Waals surface area contributed by atoms with Gasteiger partial charge in [0, 0.05) is 6.20 Å². The number of hydrogen-bond acceptors (Lipinski definition) is 7. The summed E-state index contributed by atoms with van der Waals surface area (Å²) in [6, 6.07) is 12.6. The highest BCUT2D eigenvalue weighted by molar-refractivity contribution is 6.46. The lowest BCUT2D eigenvalue weighted by Crippen LogP contribution is -2.29. The molecule has 1 atom stereocenters. The normalized spacial score (nSPS) is 17.6. The Labute approximate surface area is 184 Å². The molecule has 2 aromatic heterocycles. The van der Waals surface area contributed by atoms with Crippen molar-refractivity contribution < 1.29 is 28.6 Å². The number of benzene rings is 1. The van der Waals surface area contributed by atoms with E-state index in [1.165, 1.54) is 19.1 Å². The number of Topliss-reactive ketones (excluding diaryl/α,β-unsaturated/α-hetero) is 1. The molecule has 0 spiro atoms. The number of nitrogens with zero attached hydrogens (tertiary/aromatic N) is 2. The molecule has 4 rings (SSSR count). The Morgan fingerprint density at radius 2 is 1.94 bits per heavy atom. The zero-order chi connectivity index (χ0) is 22.8. The number of aryl methyl sites for hydroxylation is 1. The number of methoxy groups -OCH3 is 2. The smallest absolute Gasteiger partial charge is 0.296 e. The largest absolute Gasteiger partial charge is 0.507 e. The number of aliphatic hydroxyl groups is 1. The van der Waals surface area contributed by atoms with Crippen LogP contribution in [0.5, 0.6) is 11.5 Å². The molecule has 1 amide bonds. The zero-order valence-corrected chi connectivity index (χ0v) is 17.9. The van der Waals surface area contributed by atoms with Gasteiger partial charge in [0.1, 0.15) is 34.8 Å². The average Bonchev–Trinajstić information content (AvgIpc) is 3.35. The number of hydrogen-bond donors (Lipinski definition) is 1. The molecular formula is C24H22N2O6. The first-order valence-electron chi connectivity index (χ1n) is 9.91. The van der Waals surface area contributed by atoms with Crippen molar-refractivity contribution in [3.63, 3.8) is 0 Å². The number of ether oxygens (including phenoxy) is 2. The molecule has 32 heavy (non-hydrogen) atoms. The molecule has 0 saturated carbocycles. The van der Waals surface area contributed by atoms with E-state index in [-0.39, 0.29) is 23.4 Å². The summed E-state index contributed by atoms with van der Waals surface area (Å²) >= 11 is 0. The summed E-state index contributed by atoms with van der Waals surface area (Å²) in [5.74, 6) is -0.181. The summed E-state index contributed by atoms with van der Waals surface area (Å²) < 4.78 is 16.4. The topological polar surface area (TPSA) is 102 Å². The molecule has 1 N–H and O–H groups in total. The Balaban J connectivity index is 1.89. The van der Waals surface area contributed by atoms with Crippen molar-refractivity contribution in [3.05, 3.63) is 83.1 Å². The first-order valence-corrected chi connectivity index (χ1v) is 9.91. The van der Waals surface area contributed by atoms with Crippen LogP contribution in [-0.2, 0) is 16.1 Å². The van der Waals surface area contributed by atoms with Crippen molar-refractivity contribution in [1.29, 1.82) is 0 Å². The molecule has 1 aliphatic rings. The molecule has 0 bridgehead atoms. The van der Waals surface area contributed by atoms with E-state index in [0.29, 0.717) is 28.7 Å². The minimum atomic E-state index is -0.929. The van der Waals surface area contributed by atoms with Crippen LogP contribution in [0.3, 0.4) is 0 Å². The maximum absolute atomic E-state index is 13.1. The number of rotatable bonds is 6. The van der Waals surface area contributed by atoms with Gasteiger partial charge in [0.15, 0.2) is 0 Å². The highest BCUT2D eigenvalue weighted by atomic mass is 16.5. The molecular weight excluding hydrogens is 412 g/mol. The minimum Gasteiger partial charge on any atom is -0.507 e. The molecule has 1 unspecified atom stereocenters. The highest BCUT2D eigenvalue weighted by Crippen LogP contribution is 2.42. The summed E-state index contributed by atoms with van der Waals surface area (Å²) in [5.41, 5.74) is 0.740. The van der Waals surface area contributed by atoms with Crippen LogP contribution >= 0.6 is 0 Å². The van der Waals surface area contributed by atoms with Gasteiger partial charge in [0.25, 0.3) is 11.7 Å². The van der Waals surface area contributed by atoms with E-state index in [0.717, 1.165) is 0 Å². The van der Waals surface area contributed by atoms with Crippen LogP contribution in [0.1, 0.15) is 28.8 Å².